The molecule has 0 unspecified atom stereocenters. The number of fused-ring (bicyclic) bond motifs is 10. The summed E-state index contributed by atoms with van der Waals surface area (Å²) < 4.78 is 0. The maximum Gasteiger partial charge on any atom is 0.0728 e. The summed E-state index contributed by atoms with van der Waals surface area (Å²) in [7, 11) is 0. The normalized spacial score (nSPS) is 14.7. The van der Waals surface area contributed by atoms with Crippen molar-refractivity contribution in [3.63, 3.8) is 0 Å². The molecule has 122 valence electrons. The van der Waals surface area contributed by atoms with Gasteiger partial charge in [-0.05, 0) is 57.0 Å². The van der Waals surface area contributed by atoms with Gasteiger partial charge in [0.15, 0.2) is 0 Å². The molecule has 4 aromatic carbocycles. The molecule has 0 aliphatic heterocycles. The van der Waals surface area contributed by atoms with E-state index in [0.29, 0.717) is 0 Å². The molecule has 4 aromatic rings. The molecule has 0 N–H and O–H groups in total. The van der Waals surface area contributed by atoms with Crippen LogP contribution < -0.4 is 0 Å². The molecule has 26 heavy (non-hydrogen) atoms. The van der Waals surface area contributed by atoms with Gasteiger partial charge in [0.05, 0.1) is 5.41 Å². The predicted molar refractivity (Wildman–Crippen MR) is 107 cm³/mol. The second-order valence-electron chi connectivity index (χ2n) is 7.38. The molecule has 1 spiro atoms. The van der Waals surface area contributed by atoms with Crippen LogP contribution >= 0.6 is 0 Å². The van der Waals surface area contributed by atoms with E-state index in [2.05, 4.69) is 97.9 Å². The third-order valence-corrected chi connectivity index (χ3v) is 6.22. The Morgan fingerprint density at radius 3 is 1.42 bits per heavy atom. The molecule has 0 nitrogen and oxygen atoms in total. The van der Waals surface area contributed by atoms with Crippen molar-refractivity contribution in [2.24, 2.45) is 0 Å². The van der Waals surface area contributed by atoms with Gasteiger partial charge in [-0.3, -0.25) is 0 Å². The fourth-order valence-corrected chi connectivity index (χ4v) is 5.36. The quantitative estimate of drug-likeness (QED) is 0.305. The molecule has 0 saturated heterocycles. The van der Waals surface area contributed by atoms with Crippen LogP contribution in [0.5, 0.6) is 0 Å². The second kappa shape index (κ2) is 4.74. The van der Waals surface area contributed by atoms with Gasteiger partial charge in [0.1, 0.15) is 0 Å². The number of benzene rings is 4. The molecule has 0 fully saturated rings. The van der Waals surface area contributed by atoms with Gasteiger partial charge < -0.3 is 0 Å². The molecule has 0 aromatic heterocycles. The van der Waals surface area contributed by atoms with Gasteiger partial charge in [-0.15, -0.1) is 0 Å². The first-order valence-corrected chi connectivity index (χ1v) is 9.23. The Labute approximate surface area is 153 Å². The molecular weight excluding hydrogens is 312 g/mol. The van der Waals surface area contributed by atoms with Crippen molar-refractivity contribution in [2.45, 2.75) is 12.3 Å². The SMILES string of the molecule is Cc1cccc2c1C1(c3ccccc3-c3ccccc31)c1ccccc1-2. The Morgan fingerprint density at radius 1 is 0.462 bits per heavy atom. The van der Waals surface area contributed by atoms with Crippen molar-refractivity contribution in [1.29, 1.82) is 0 Å². The standard InChI is InChI=1S/C26H18/c1-17-9-8-13-21-20-12-4-7-16-24(20)26(25(17)21)22-14-5-2-10-18(22)19-11-3-6-15-23(19)26/h2-16H,1H3. The molecule has 0 heterocycles. The number of rotatable bonds is 0. The minimum absolute atomic E-state index is 0.190. The maximum absolute atomic E-state index is 2.33. The molecule has 0 atom stereocenters. The lowest BCUT2D eigenvalue weighted by atomic mass is 9.69. The van der Waals surface area contributed by atoms with E-state index in [0.717, 1.165) is 0 Å². The van der Waals surface area contributed by atoms with Crippen molar-refractivity contribution in [2.75, 3.05) is 0 Å². The highest BCUT2D eigenvalue weighted by Crippen LogP contribution is 2.63. The summed E-state index contributed by atoms with van der Waals surface area (Å²) in [6.45, 7) is 2.26. The van der Waals surface area contributed by atoms with Crippen molar-refractivity contribution >= 4 is 0 Å². The van der Waals surface area contributed by atoms with Crippen LogP contribution in [0.4, 0.5) is 0 Å². The van der Waals surface area contributed by atoms with Crippen LogP contribution in [0.2, 0.25) is 0 Å². The number of hydrogen-bond donors (Lipinski definition) is 0. The van der Waals surface area contributed by atoms with Gasteiger partial charge in [-0.1, -0.05) is 91.0 Å². The van der Waals surface area contributed by atoms with Crippen LogP contribution in [-0.2, 0) is 5.41 Å². The Balaban J connectivity index is 1.90. The molecule has 0 heteroatoms. The molecule has 0 radical (unpaired) electrons. The fraction of sp³-hybridized carbons (Fsp3) is 0.0769. The highest BCUT2D eigenvalue weighted by Gasteiger charge is 2.51. The zero-order chi connectivity index (χ0) is 17.3. The molecular formula is C26H18. The van der Waals surface area contributed by atoms with Crippen LogP contribution in [0, 0.1) is 6.92 Å². The summed E-state index contributed by atoms with van der Waals surface area (Å²) in [6.07, 6.45) is 0. The van der Waals surface area contributed by atoms with Gasteiger partial charge in [-0.25, -0.2) is 0 Å². The van der Waals surface area contributed by atoms with Gasteiger partial charge in [0.25, 0.3) is 0 Å². The lowest BCUT2D eigenvalue weighted by Crippen LogP contribution is -2.26. The average molecular weight is 330 g/mol. The van der Waals surface area contributed by atoms with E-state index in [1.165, 1.54) is 50.1 Å². The summed E-state index contributed by atoms with van der Waals surface area (Å²) in [5.74, 6) is 0. The molecule has 2 aliphatic carbocycles. The molecule has 0 saturated carbocycles. The smallest absolute Gasteiger partial charge is 0.0619 e. The Hall–Kier alpha value is -3.12. The zero-order valence-electron chi connectivity index (χ0n) is 14.7. The third kappa shape index (κ3) is 1.43. The maximum atomic E-state index is 2.33. The lowest BCUT2D eigenvalue weighted by Gasteiger charge is -2.31. The van der Waals surface area contributed by atoms with E-state index in [4.69, 9.17) is 0 Å². The van der Waals surface area contributed by atoms with Crippen LogP contribution in [0.15, 0.2) is 91.0 Å². The highest BCUT2D eigenvalue weighted by molar-refractivity contribution is 5.95. The summed E-state index contributed by atoms with van der Waals surface area (Å²) in [4.78, 5) is 0. The number of hydrogen-bond acceptors (Lipinski definition) is 0. The highest BCUT2D eigenvalue weighted by atomic mass is 14.5. The topological polar surface area (TPSA) is 0 Å². The first kappa shape index (κ1) is 14.1. The fourth-order valence-electron chi connectivity index (χ4n) is 5.36. The van der Waals surface area contributed by atoms with Crippen molar-refractivity contribution in [3.8, 4) is 22.3 Å². The Kier molecular flexibility index (Phi) is 2.57. The van der Waals surface area contributed by atoms with Gasteiger partial charge >= 0.3 is 0 Å². The average Bonchev–Trinajstić information content (AvgIpc) is 3.16. The Bertz CT molecular complexity index is 1130. The summed E-state index contributed by atoms with van der Waals surface area (Å²) in [6, 6.07) is 33.6. The van der Waals surface area contributed by atoms with E-state index in [1.807, 2.05) is 0 Å². The van der Waals surface area contributed by atoms with Gasteiger partial charge in [-0.2, -0.15) is 0 Å². The monoisotopic (exact) mass is 330 g/mol. The van der Waals surface area contributed by atoms with Crippen LogP contribution in [0.25, 0.3) is 22.3 Å². The van der Waals surface area contributed by atoms with Crippen molar-refractivity contribution in [1.82, 2.24) is 0 Å². The summed E-state index contributed by atoms with van der Waals surface area (Å²) >= 11 is 0. The van der Waals surface area contributed by atoms with E-state index in [1.54, 1.807) is 0 Å². The molecule has 2 aliphatic rings. The van der Waals surface area contributed by atoms with Gasteiger partial charge in [0.2, 0.25) is 0 Å². The zero-order valence-corrected chi connectivity index (χ0v) is 14.7. The minimum atomic E-state index is -0.190. The molecule has 0 amide bonds. The van der Waals surface area contributed by atoms with Crippen molar-refractivity contribution in [3.05, 3.63) is 119 Å². The third-order valence-electron chi connectivity index (χ3n) is 6.22. The van der Waals surface area contributed by atoms with E-state index in [9.17, 15) is 0 Å². The van der Waals surface area contributed by atoms with Crippen LogP contribution in [-0.4, -0.2) is 0 Å². The summed E-state index contributed by atoms with van der Waals surface area (Å²) in [5, 5.41) is 0. The first-order chi connectivity index (χ1) is 12.8. The second-order valence-corrected chi connectivity index (χ2v) is 7.38. The van der Waals surface area contributed by atoms with Crippen molar-refractivity contribution < 1.29 is 0 Å². The summed E-state index contributed by atoms with van der Waals surface area (Å²) in [5.41, 5.74) is 12.4. The van der Waals surface area contributed by atoms with Crippen LogP contribution in [0.1, 0.15) is 27.8 Å². The van der Waals surface area contributed by atoms with E-state index in [-0.39, 0.29) is 5.41 Å². The predicted octanol–water partition coefficient (Wildman–Crippen LogP) is 6.34. The van der Waals surface area contributed by atoms with Gasteiger partial charge in [0, 0.05) is 0 Å². The lowest BCUT2D eigenvalue weighted by molar-refractivity contribution is 0.786. The molecule has 6 rings (SSSR count). The number of aryl methyl sites for hydroxylation is 1. The van der Waals surface area contributed by atoms with E-state index >= 15 is 0 Å². The Morgan fingerprint density at radius 2 is 0.885 bits per heavy atom. The van der Waals surface area contributed by atoms with Crippen LogP contribution in [0.3, 0.4) is 0 Å². The minimum Gasteiger partial charge on any atom is -0.0619 e. The van der Waals surface area contributed by atoms with E-state index < -0.39 is 0 Å². The molecule has 0 bridgehead atoms. The largest absolute Gasteiger partial charge is 0.0728 e. The first-order valence-electron chi connectivity index (χ1n) is 9.23.